The minimum absolute atomic E-state index is 0.129. The third-order valence-corrected chi connectivity index (χ3v) is 2.22. The Morgan fingerprint density at radius 2 is 1.32 bits per heavy atom. The van der Waals surface area contributed by atoms with Crippen molar-refractivity contribution >= 4 is 0 Å². The van der Waals surface area contributed by atoms with Crippen molar-refractivity contribution in [2.45, 2.75) is 26.1 Å². The van der Waals surface area contributed by atoms with E-state index in [4.69, 9.17) is 18.9 Å². The lowest BCUT2D eigenvalue weighted by Gasteiger charge is -2.13. The van der Waals surface area contributed by atoms with Crippen LogP contribution in [0.15, 0.2) is 24.3 Å². The number of aliphatic hydroxyl groups is 2. The van der Waals surface area contributed by atoms with Crippen molar-refractivity contribution in [3.8, 4) is 0 Å². The van der Waals surface area contributed by atoms with Crippen LogP contribution in [-0.2, 0) is 18.9 Å². The summed E-state index contributed by atoms with van der Waals surface area (Å²) in [5.74, 6) is 0. The Bertz CT molecular complexity index is 275. The monoisotopic (exact) mass is 317 g/mol. The largest absolute Gasteiger partial charge is 0.388 e. The van der Waals surface area contributed by atoms with E-state index in [2.05, 4.69) is 13.2 Å². The average molecular weight is 317 g/mol. The van der Waals surface area contributed by atoms with Gasteiger partial charge in [0, 0.05) is 0 Å². The normalized spacial score (nSPS) is 13.8. The van der Waals surface area contributed by atoms with Crippen LogP contribution in [-0.4, -0.2) is 68.7 Å². The summed E-state index contributed by atoms with van der Waals surface area (Å²) < 4.78 is 20.7. The van der Waals surface area contributed by atoms with E-state index in [1.807, 2.05) is 13.8 Å². The Balaban J connectivity index is 3.34. The second kappa shape index (κ2) is 13.9. The van der Waals surface area contributed by atoms with Crippen molar-refractivity contribution in [1.82, 2.24) is 0 Å². The molecule has 2 N–H and O–H groups in total. The van der Waals surface area contributed by atoms with E-state index in [0.717, 1.165) is 11.1 Å². The lowest BCUT2D eigenvalue weighted by molar-refractivity contribution is -0.0301. The van der Waals surface area contributed by atoms with Crippen LogP contribution < -0.4 is 0 Å². The molecular weight excluding hydrogens is 288 g/mol. The molecule has 0 aliphatic carbocycles. The SMILES string of the molecule is C=C(C)COCC(O)CO[CH]COCC(O)COCC(=C)C. The summed E-state index contributed by atoms with van der Waals surface area (Å²) in [6.45, 7) is 14.3. The molecule has 0 rings (SSSR count). The van der Waals surface area contributed by atoms with Crippen molar-refractivity contribution in [3.05, 3.63) is 30.9 Å². The summed E-state index contributed by atoms with van der Waals surface area (Å²) in [6, 6.07) is 0. The second-order valence-electron chi connectivity index (χ2n) is 5.29. The van der Waals surface area contributed by atoms with E-state index in [9.17, 15) is 10.2 Å². The summed E-state index contributed by atoms with van der Waals surface area (Å²) in [5.41, 5.74) is 1.81. The van der Waals surface area contributed by atoms with Gasteiger partial charge in [0.25, 0.3) is 0 Å². The molecule has 129 valence electrons. The van der Waals surface area contributed by atoms with Crippen LogP contribution in [0.4, 0.5) is 0 Å². The quantitative estimate of drug-likeness (QED) is 0.348. The fourth-order valence-corrected chi connectivity index (χ4v) is 1.31. The van der Waals surface area contributed by atoms with Crippen LogP contribution in [0.5, 0.6) is 0 Å². The zero-order valence-corrected chi connectivity index (χ0v) is 13.6. The molecule has 0 heterocycles. The van der Waals surface area contributed by atoms with E-state index in [1.165, 1.54) is 6.61 Å². The molecule has 0 aliphatic heterocycles. The highest BCUT2D eigenvalue weighted by atomic mass is 16.5. The van der Waals surface area contributed by atoms with Gasteiger partial charge in [-0.1, -0.05) is 24.3 Å². The maximum atomic E-state index is 9.55. The minimum atomic E-state index is -0.697. The molecular formula is C16H29O6. The van der Waals surface area contributed by atoms with Gasteiger partial charge in [-0.05, 0) is 13.8 Å². The molecule has 0 saturated heterocycles. The summed E-state index contributed by atoms with van der Waals surface area (Å²) in [5, 5.41) is 19.1. The van der Waals surface area contributed by atoms with Crippen LogP contribution >= 0.6 is 0 Å². The first-order valence-electron chi connectivity index (χ1n) is 7.23. The lowest BCUT2D eigenvalue weighted by atomic mass is 10.4. The standard InChI is InChI=1S/C16H29O6/c1-13(2)7-21-11-15(17)9-19-5-6-20-10-16(18)12-22-8-14(3)4/h5,15-18H,1,3,6-12H2,2,4H3. The number of hydrogen-bond donors (Lipinski definition) is 2. The Morgan fingerprint density at radius 1 is 0.864 bits per heavy atom. The molecule has 0 aliphatic rings. The first-order chi connectivity index (χ1) is 10.4. The Hall–Kier alpha value is -0.760. The molecule has 0 fully saturated rings. The minimum Gasteiger partial charge on any atom is -0.388 e. The van der Waals surface area contributed by atoms with Crippen LogP contribution in [0.1, 0.15) is 13.8 Å². The molecule has 0 aromatic heterocycles. The van der Waals surface area contributed by atoms with Crippen LogP contribution in [0, 0.1) is 6.61 Å². The van der Waals surface area contributed by atoms with Gasteiger partial charge in [-0.2, -0.15) is 0 Å². The molecule has 0 spiro atoms. The van der Waals surface area contributed by atoms with Gasteiger partial charge < -0.3 is 29.2 Å². The van der Waals surface area contributed by atoms with Crippen molar-refractivity contribution in [2.24, 2.45) is 0 Å². The third kappa shape index (κ3) is 15.6. The topological polar surface area (TPSA) is 77.4 Å². The second-order valence-corrected chi connectivity index (χ2v) is 5.29. The first kappa shape index (κ1) is 21.2. The van der Waals surface area contributed by atoms with E-state index >= 15 is 0 Å². The van der Waals surface area contributed by atoms with E-state index < -0.39 is 12.2 Å². The third-order valence-electron chi connectivity index (χ3n) is 2.22. The van der Waals surface area contributed by atoms with Crippen molar-refractivity contribution < 1.29 is 29.2 Å². The zero-order valence-electron chi connectivity index (χ0n) is 13.6. The van der Waals surface area contributed by atoms with Crippen LogP contribution in [0.3, 0.4) is 0 Å². The van der Waals surface area contributed by atoms with Gasteiger partial charge in [-0.3, -0.25) is 0 Å². The predicted octanol–water partition coefficient (Wildman–Crippen LogP) is 1.09. The van der Waals surface area contributed by atoms with Gasteiger partial charge in [0.15, 0.2) is 0 Å². The van der Waals surface area contributed by atoms with Gasteiger partial charge in [0.05, 0.1) is 46.2 Å². The van der Waals surface area contributed by atoms with Crippen molar-refractivity contribution in [3.63, 3.8) is 0 Å². The Labute approximate surface area is 133 Å². The Kier molecular flexibility index (Phi) is 13.4. The smallest absolute Gasteiger partial charge is 0.109 e. The van der Waals surface area contributed by atoms with Gasteiger partial charge >= 0.3 is 0 Å². The van der Waals surface area contributed by atoms with Gasteiger partial charge in [0.1, 0.15) is 18.8 Å². The molecule has 0 saturated carbocycles. The fourth-order valence-electron chi connectivity index (χ4n) is 1.31. The molecule has 2 atom stereocenters. The van der Waals surface area contributed by atoms with Crippen molar-refractivity contribution in [2.75, 3.05) is 46.2 Å². The van der Waals surface area contributed by atoms with Crippen molar-refractivity contribution in [1.29, 1.82) is 0 Å². The molecule has 2 unspecified atom stereocenters. The number of ether oxygens (including phenoxy) is 4. The van der Waals surface area contributed by atoms with Gasteiger partial charge in [-0.25, -0.2) is 0 Å². The number of aliphatic hydroxyl groups excluding tert-OH is 2. The first-order valence-corrected chi connectivity index (χ1v) is 7.23. The predicted molar refractivity (Wildman–Crippen MR) is 84.4 cm³/mol. The molecule has 0 aromatic carbocycles. The number of hydrogen-bond acceptors (Lipinski definition) is 6. The van der Waals surface area contributed by atoms with Crippen LogP contribution in [0.2, 0.25) is 0 Å². The molecule has 1 radical (unpaired) electrons. The average Bonchev–Trinajstić information content (AvgIpc) is 2.41. The lowest BCUT2D eigenvalue weighted by Crippen LogP contribution is -2.24. The fraction of sp³-hybridized carbons (Fsp3) is 0.688. The van der Waals surface area contributed by atoms with Crippen LogP contribution in [0.25, 0.3) is 0 Å². The molecule has 22 heavy (non-hydrogen) atoms. The summed E-state index contributed by atoms with van der Waals surface area (Å²) >= 11 is 0. The summed E-state index contributed by atoms with van der Waals surface area (Å²) in [7, 11) is 0. The Morgan fingerprint density at radius 3 is 1.82 bits per heavy atom. The molecule has 0 bridgehead atoms. The highest BCUT2D eigenvalue weighted by molar-refractivity contribution is 4.87. The summed E-state index contributed by atoms with van der Waals surface area (Å²) in [6.07, 6.45) is -1.38. The van der Waals surface area contributed by atoms with E-state index in [1.54, 1.807) is 0 Å². The van der Waals surface area contributed by atoms with E-state index in [-0.39, 0.29) is 33.0 Å². The van der Waals surface area contributed by atoms with Gasteiger partial charge in [-0.15, -0.1) is 0 Å². The van der Waals surface area contributed by atoms with Gasteiger partial charge in [0.2, 0.25) is 0 Å². The summed E-state index contributed by atoms with van der Waals surface area (Å²) in [4.78, 5) is 0. The number of rotatable bonds is 15. The maximum Gasteiger partial charge on any atom is 0.109 e. The maximum absolute atomic E-state index is 9.55. The highest BCUT2D eigenvalue weighted by Crippen LogP contribution is 1.96. The molecule has 0 aromatic rings. The van der Waals surface area contributed by atoms with E-state index in [0.29, 0.717) is 13.2 Å². The molecule has 0 amide bonds. The zero-order chi connectivity index (χ0) is 16.8. The molecule has 6 heteroatoms. The highest BCUT2D eigenvalue weighted by Gasteiger charge is 2.06. The molecule has 6 nitrogen and oxygen atoms in total.